The lowest BCUT2D eigenvalue weighted by Gasteiger charge is -2.30. The van der Waals surface area contributed by atoms with E-state index in [0.29, 0.717) is 11.4 Å². The van der Waals surface area contributed by atoms with Gasteiger partial charge in [0.25, 0.3) is 5.91 Å². The van der Waals surface area contributed by atoms with Gasteiger partial charge in [-0.15, -0.1) is 0 Å². The van der Waals surface area contributed by atoms with Gasteiger partial charge in [-0.25, -0.2) is 4.98 Å². The third-order valence-electron chi connectivity index (χ3n) is 4.40. The predicted octanol–water partition coefficient (Wildman–Crippen LogP) is 1.67. The van der Waals surface area contributed by atoms with E-state index >= 15 is 0 Å². The quantitative estimate of drug-likeness (QED) is 0.734. The van der Waals surface area contributed by atoms with Gasteiger partial charge in [0.2, 0.25) is 5.88 Å². The van der Waals surface area contributed by atoms with Crippen molar-refractivity contribution in [3.8, 4) is 5.88 Å². The van der Waals surface area contributed by atoms with Crippen LogP contribution in [0.25, 0.3) is 0 Å². The summed E-state index contributed by atoms with van der Waals surface area (Å²) in [6.45, 7) is 4.72. The number of aromatic nitrogens is 1. The van der Waals surface area contributed by atoms with E-state index in [1.807, 2.05) is 26.0 Å². The van der Waals surface area contributed by atoms with Crippen molar-refractivity contribution >= 4 is 5.91 Å². The molecule has 26 heavy (non-hydrogen) atoms. The molecule has 2 atom stereocenters. The van der Waals surface area contributed by atoms with Gasteiger partial charge in [0, 0.05) is 37.0 Å². The fourth-order valence-corrected chi connectivity index (χ4v) is 3.05. The smallest absolute Gasteiger partial charge is 0.251 e. The number of nitrogens with one attached hydrogen (secondary N) is 2. The average Bonchev–Trinajstić information content (AvgIpc) is 2.65. The van der Waals surface area contributed by atoms with Crippen LogP contribution in [0, 0.1) is 0 Å². The molecule has 1 amide bonds. The number of hydrogen-bond donors (Lipinski definition) is 3. The second-order valence-corrected chi connectivity index (χ2v) is 6.79. The number of hydrogen-bond acceptors (Lipinski definition) is 5. The molecule has 1 aromatic carbocycles. The Morgan fingerprint density at radius 2 is 2.12 bits per heavy atom. The highest BCUT2D eigenvalue weighted by atomic mass is 16.5. The average molecular weight is 355 g/mol. The summed E-state index contributed by atoms with van der Waals surface area (Å²) >= 11 is 0. The number of aliphatic hydroxyl groups is 1. The first-order valence-corrected chi connectivity index (χ1v) is 8.92. The standard InChI is InChI=1S/C20H25N3O3/c1-13(2)26-19-10-15(7-8-21-19)20(25)23-12-18(24)17-9-14-5-3-4-6-16(14)11-22-17/h3-8,10,13,17-18,22,24H,9,11-12H2,1-2H3,(H,23,25)/t17-,18?/m0/s1. The zero-order valence-electron chi connectivity index (χ0n) is 15.1. The molecule has 0 saturated heterocycles. The van der Waals surface area contributed by atoms with Gasteiger partial charge in [0.05, 0.1) is 12.2 Å². The van der Waals surface area contributed by atoms with Gasteiger partial charge in [-0.3, -0.25) is 4.79 Å². The zero-order chi connectivity index (χ0) is 18.5. The Labute approximate surface area is 153 Å². The fraction of sp³-hybridized carbons (Fsp3) is 0.400. The molecule has 2 aromatic rings. The molecule has 2 heterocycles. The van der Waals surface area contributed by atoms with Gasteiger partial charge in [0.15, 0.2) is 0 Å². The van der Waals surface area contributed by atoms with E-state index in [2.05, 4.69) is 27.8 Å². The van der Waals surface area contributed by atoms with E-state index in [4.69, 9.17) is 4.74 Å². The first kappa shape index (κ1) is 18.4. The van der Waals surface area contributed by atoms with Crippen LogP contribution < -0.4 is 15.4 Å². The number of nitrogens with zero attached hydrogens (tertiary/aromatic N) is 1. The lowest BCUT2D eigenvalue weighted by Crippen LogP contribution is -2.49. The summed E-state index contributed by atoms with van der Waals surface area (Å²) in [5.74, 6) is 0.162. The molecule has 0 bridgehead atoms. The van der Waals surface area contributed by atoms with Crippen molar-refractivity contribution in [3.05, 3.63) is 59.3 Å². The van der Waals surface area contributed by atoms with Crippen LogP contribution in [0.3, 0.4) is 0 Å². The summed E-state index contributed by atoms with van der Waals surface area (Å²) in [6, 6.07) is 11.4. The lowest BCUT2D eigenvalue weighted by molar-refractivity contribution is 0.0869. The Morgan fingerprint density at radius 1 is 1.35 bits per heavy atom. The first-order chi connectivity index (χ1) is 12.5. The Morgan fingerprint density at radius 3 is 2.88 bits per heavy atom. The highest BCUT2D eigenvalue weighted by molar-refractivity contribution is 5.94. The van der Waals surface area contributed by atoms with Crippen LogP contribution in [0.2, 0.25) is 0 Å². The number of rotatable bonds is 6. The van der Waals surface area contributed by atoms with Crippen molar-refractivity contribution in [3.63, 3.8) is 0 Å². The Kier molecular flexibility index (Phi) is 5.85. The van der Waals surface area contributed by atoms with Gasteiger partial charge >= 0.3 is 0 Å². The van der Waals surface area contributed by atoms with Crippen LogP contribution in [0.5, 0.6) is 5.88 Å². The number of ether oxygens (including phenoxy) is 1. The fourth-order valence-electron chi connectivity index (χ4n) is 3.05. The SMILES string of the molecule is CC(C)Oc1cc(C(=O)NCC(O)[C@@H]2Cc3ccccc3CN2)ccn1. The molecule has 0 radical (unpaired) electrons. The molecule has 1 aromatic heterocycles. The zero-order valence-corrected chi connectivity index (χ0v) is 15.1. The van der Waals surface area contributed by atoms with Crippen molar-refractivity contribution in [2.45, 2.75) is 45.1 Å². The van der Waals surface area contributed by atoms with Crippen molar-refractivity contribution in [2.75, 3.05) is 6.54 Å². The van der Waals surface area contributed by atoms with Crippen molar-refractivity contribution in [1.82, 2.24) is 15.6 Å². The lowest BCUT2D eigenvalue weighted by atomic mass is 9.93. The van der Waals surface area contributed by atoms with Gasteiger partial charge in [-0.05, 0) is 37.5 Å². The van der Waals surface area contributed by atoms with Crippen LogP contribution in [0.4, 0.5) is 0 Å². The highest BCUT2D eigenvalue weighted by Crippen LogP contribution is 2.18. The summed E-state index contributed by atoms with van der Waals surface area (Å²) in [7, 11) is 0. The molecule has 0 saturated carbocycles. The predicted molar refractivity (Wildman–Crippen MR) is 99.1 cm³/mol. The summed E-state index contributed by atoms with van der Waals surface area (Å²) in [5.41, 5.74) is 2.96. The molecule has 1 aliphatic rings. The molecular weight excluding hydrogens is 330 g/mol. The molecule has 1 unspecified atom stereocenters. The number of aliphatic hydroxyl groups excluding tert-OH is 1. The maximum atomic E-state index is 12.3. The molecule has 0 spiro atoms. The van der Waals surface area contributed by atoms with Gasteiger partial charge in [-0.1, -0.05) is 24.3 Å². The van der Waals surface area contributed by atoms with Gasteiger partial charge in [0.1, 0.15) is 0 Å². The van der Waals surface area contributed by atoms with Crippen LogP contribution in [-0.2, 0) is 13.0 Å². The van der Waals surface area contributed by atoms with Gasteiger partial charge < -0.3 is 20.5 Å². The second kappa shape index (κ2) is 8.29. The normalized spacial score (nSPS) is 17.5. The van der Waals surface area contributed by atoms with E-state index in [1.165, 1.54) is 11.1 Å². The van der Waals surface area contributed by atoms with E-state index in [0.717, 1.165) is 13.0 Å². The summed E-state index contributed by atoms with van der Waals surface area (Å²) in [5, 5.41) is 16.6. The monoisotopic (exact) mass is 355 g/mol. The van der Waals surface area contributed by atoms with Crippen molar-refractivity contribution < 1.29 is 14.6 Å². The molecule has 138 valence electrons. The summed E-state index contributed by atoms with van der Waals surface area (Å²) < 4.78 is 5.51. The molecule has 1 aliphatic heterocycles. The number of benzene rings is 1. The largest absolute Gasteiger partial charge is 0.475 e. The summed E-state index contributed by atoms with van der Waals surface area (Å²) in [6.07, 6.45) is 1.61. The van der Waals surface area contributed by atoms with E-state index < -0.39 is 6.10 Å². The van der Waals surface area contributed by atoms with Crippen molar-refractivity contribution in [1.29, 1.82) is 0 Å². The highest BCUT2D eigenvalue weighted by Gasteiger charge is 2.24. The molecular formula is C20H25N3O3. The molecule has 0 aliphatic carbocycles. The van der Waals surface area contributed by atoms with Gasteiger partial charge in [-0.2, -0.15) is 0 Å². The van der Waals surface area contributed by atoms with E-state index in [9.17, 15) is 9.90 Å². The van der Waals surface area contributed by atoms with Crippen molar-refractivity contribution in [2.24, 2.45) is 0 Å². The van der Waals surface area contributed by atoms with E-state index in [-0.39, 0.29) is 24.6 Å². The van der Waals surface area contributed by atoms with E-state index in [1.54, 1.807) is 18.3 Å². The van der Waals surface area contributed by atoms with Crippen LogP contribution in [0.15, 0.2) is 42.6 Å². The third kappa shape index (κ3) is 4.59. The number of carbonyl (C=O) groups is 1. The molecule has 3 rings (SSSR count). The minimum atomic E-state index is -0.666. The number of fused-ring (bicyclic) bond motifs is 1. The molecule has 6 heteroatoms. The molecule has 3 N–H and O–H groups in total. The number of carbonyl (C=O) groups excluding carboxylic acids is 1. The van der Waals surface area contributed by atoms with Crippen LogP contribution in [0.1, 0.15) is 35.3 Å². The summed E-state index contributed by atoms with van der Waals surface area (Å²) in [4.78, 5) is 16.4. The minimum Gasteiger partial charge on any atom is -0.475 e. The second-order valence-electron chi connectivity index (χ2n) is 6.79. The molecule has 0 fully saturated rings. The molecule has 6 nitrogen and oxygen atoms in total. The topological polar surface area (TPSA) is 83.5 Å². The minimum absolute atomic E-state index is 0.0112. The number of amides is 1. The maximum absolute atomic E-state index is 12.3. The maximum Gasteiger partial charge on any atom is 0.251 e. The Bertz CT molecular complexity index is 763. The third-order valence-corrected chi connectivity index (χ3v) is 4.40. The Balaban J connectivity index is 1.55. The number of pyridine rings is 1. The first-order valence-electron chi connectivity index (χ1n) is 8.92. The Hall–Kier alpha value is -2.44. The van der Waals surface area contributed by atoms with Crippen LogP contribution in [-0.4, -0.2) is 40.8 Å². The van der Waals surface area contributed by atoms with Crippen LogP contribution >= 0.6 is 0 Å².